The number of fused-ring (bicyclic) bond motifs is 1. The molecule has 0 unspecified atom stereocenters. The second-order valence-corrected chi connectivity index (χ2v) is 6.94. The van der Waals surface area contributed by atoms with Crippen molar-refractivity contribution in [1.82, 2.24) is 21.2 Å². The lowest BCUT2D eigenvalue weighted by Gasteiger charge is -2.11. The van der Waals surface area contributed by atoms with Gasteiger partial charge in [-0.15, -0.1) is 11.3 Å². The summed E-state index contributed by atoms with van der Waals surface area (Å²) in [6.07, 6.45) is 0.963. The lowest BCUT2D eigenvalue weighted by atomic mass is 10.2. The maximum Gasteiger partial charge on any atom is 0.238 e. The first-order valence-electron chi connectivity index (χ1n) is 7.92. The van der Waals surface area contributed by atoms with Gasteiger partial charge in [0.25, 0.3) is 0 Å². The topological polar surface area (TPSA) is 66.0 Å². The third-order valence-corrected chi connectivity index (χ3v) is 4.86. The maximum absolute atomic E-state index is 11.9. The standard InChI is InChI=1S/C18H18N4OS2/c23-16(10-11-17-20-14-8-4-5-9-15(14)25-17)21-22-18(24)19-12-13-6-2-1-3-7-13/h1-9H,10-12H2,(H,21,23)(H2,19,22,24). The van der Waals surface area contributed by atoms with Crippen molar-refractivity contribution in [2.45, 2.75) is 19.4 Å². The third-order valence-electron chi connectivity index (χ3n) is 3.52. The van der Waals surface area contributed by atoms with Gasteiger partial charge in [0.1, 0.15) is 0 Å². The van der Waals surface area contributed by atoms with Crippen molar-refractivity contribution in [2.24, 2.45) is 0 Å². The largest absolute Gasteiger partial charge is 0.357 e. The molecule has 3 aromatic rings. The molecule has 3 N–H and O–H groups in total. The van der Waals surface area contributed by atoms with E-state index in [4.69, 9.17) is 12.2 Å². The van der Waals surface area contributed by atoms with Gasteiger partial charge in [-0.25, -0.2) is 4.98 Å². The molecule has 0 bridgehead atoms. The van der Waals surface area contributed by atoms with Gasteiger partial charge in [0.05, 0.1) is 15.2 Å². The first kappa shape index (κ1) is 17.3. The Balaban J connectivity index is 1.38. The van der Waals surface area contributed by atoms with Gasteiger partial charge >= 0.3 is 0 Å². The normalized spacial score (nSPS) is 10.4. The third kappa shape index (κ3) is 5.23. The SMILES string of the molecule is O=C(CCc1nc2ccccc2s1)NNC(=S)NCc1ccccc1. The number of thiazole rings is 1. The minimum absolute atomic E-state index is 0.122. The van der Waals surface area contributed by atoms with E-state index >= 15 is 0 Å². The molecule has 3 rings (SSSR count). The van der Waals surface area contributed by atoms with Gasteiger partial charge in [-0.2, -0.15) is 0 Å². The first-order chi connectivity index (χ1) is 12.2. The highest BCUT2D eigenvalue weighted by Gasteiger charge is 2.07. The number of thiocarbonyl (C=S) groups is 1. The van der Waals surface area contributed by atoms with Gasteiger partial charge in [0.15, 0.2) is 5.11 Å². The Hall–Kier alpha value is -2.51. The zero-order valence-electron chi connectivity index (χ0n) is 13.5. The Morgan fingerprint density at radius 2 is 1.80 bits per heavy atom. The number of aromatic nitrogens is 1. The van der Waals surface area contributed by atoms with Crippen LogP contribution in [0.15, 0.2) is 54.6 Å². The highest BCUT2D eigenvalue weighted by molar-refractivity contribution is 7.80. The Bertz CT molecular complexity index is 831. The molecule has 0 saturated heterocycles. The number of carbonyl (C=O) groups excluding carboxylic acids is 1. The van der Waals surface area contributed by atoms with Crippen molar-refractivity contribution in [3.63, 3.8) is 0 Å². The highest BCUT2D eigenvalue weighted by Crippen LogP contribution is 2.22. The van der Waals surface area contributed by atoms with Crippen LogP contribution >= 0.6 is 23.6 Å². The van der Waals surface area contributed by atoms with Crippen LogP contribution in [0.25, 0.3) is 10.2 Å². The molecule has 1 amide bonds. The number of nitrogens with one attached hydrogen (secondary N) is 3. The average molecular weight is 371 g/mol. The molecule has 25 heavy (non-hydrogen) atoms. The Labute approximate surface area is 155 Å². The summed E-state index contributed by atoms with van der Waals surface area (Å²) in [5, 5.41) is 4.39. The molecule has 0 aliphatic rings. The van der Waals surface area contributed by atoms with Crippen molar-refractivity contribution in [1.29, 1.82) is 0 Å². The number of benzene rings is 2. The van der Waals surface area contributed by atoms with Crippen LogP contribution in [0.3, 0.4) is 0 Å². The summed E-state index contributed by atoms with van der Waals surface area (Å²) in [5.41, 5.74) is 7.42. The van der Waals surface area contributed by atoms with Gasteiger partial charge in [0, 0.05) is 19.4 Å². The zero-order chi connectivity index (χ0) is 17.5. The number of rotatable bonds is 5. The molecule has 2 aromatic carbocycles. The number of para-hydroxylation sites is 1. The molecule has 5 nitrogen and oxygen atoms in total. The summed E-state index contributed by atoms with van der Waals surface area (Å²) in [7, 11) is 0. The summed E-state index contributed by atoms with van der Waals surface area (Å²) in [6, 6.07) is 17.9. The molecule has 0 radical (unpaired) electrons. The number of carbonyl (C=O) groups is 1. The number of hydrogen-bond acceptors (Lipinski definition) is 4. The quantitative estimate of drug-likeness (QED) is 0.476. The summed E-state index contributed by atoms with van der Waals surface area (Å²) in [5.74, 6) is -0.122. The summed E-state index contributed by atoms with van der Waals surface area (Å²) in [4.78, 5) is 16.4. The lowest BCUT2D eigenvalue weighted by Crippen LogP contribution is -2.46. The maximum atomic E-state index is 11.9. The van der Waals surface area contributed by atoms with E-state index in [1.807, 2.05) is 54.6 Å². The molecule has 1 aromatic heterocycles. The fourth-order valence-electron chi connectivity index (χ4n) is 2.26. The van der Waals surface area contributed by atoms with Gasteiger partial charge in [0.2, 0.25) is 5.91 Å². The second kappa shape index (κ2) is 8.55. The van der Waals surface area contributed by atoms with Gasteiger partial charge < -0.3 is 5.32 Å². The van der Waals surface area contributed by atoms with Crippen molar-refractivity contribution >= 4 is 44.8 Å². The average Bonchev–Trinajstić information content (AvgIpc) is 3.07. The first-order valence-corrected chi connectivity index (χ1v) is 9.14. The molecular weight excluding hydrogens is 352 g/mol. The highest BCUT2D eigenvalue weighted by atomic mass is 32.1. The Morgan fingerprint density at radius 1 is 1.04 bits per heavy atom. The predicted molar refractivity (Wildman–Crippen MR) is 105 cm³/mol. The lowest BCUT2D eigenvalue weighted by molar-refractivity contribution is -0.121. The van der Waals surface area contributed by atoms with E-state index in [-0.39, 0.29) is 5.91 Å². The monoisotopic (exact) mass is 370 g/mol. The molecule has 0 aliphatic carbocycles. The van der Waals surface area contributed by atoms with Crippen LogP contribution in [-0.2, 0) is 17.8 Å². The molecule has 0 atom stereocenters. The molecule has 0 fully saturated rings. The van der Waals surface area contributed by atoms with E-state index in [2.05, 4.69) is 21.2 Å². The van der Waals surface area contributed by atoms with E-state index in [9.17, 15) is 4.79 Å². The van der Waals surface area contributed by atoms with Crippen molar-refractivity contribution in [3.8, 4) is 0 Å². The van der Waals surface area contributed by atoms with Crippen LogP contribution in [0.4, 0.5) is 0 Å². The number of hydrazine groups is 1. The van der Waals surface area contributed by atoms with Crippen LogP contribution in [0.2, 0.25) is 0 Å². The number of hydrogen-bond donors (Lipinski definition) is 3. The van der Waals surface area contributed by atoms with E-state index in [1.54, 1.807) is 11.3 Å². The Morgan fingerprint density at radius 3 is 2.60 bits per heavy atom. The van der Waals surface area contributed by atoms with Crippen LogP contribution in [-0.4, -0.2) is 16.0 Å². The Kier molecular flexibility index (Phi) is 5.92. The summed E-state index contributed by atoms with van der Waals surface area (Å²) >= 11 is 6.77. The second-order valence-electron chi connectivity index (χ2n) is 5.42. The smallest absolute Gasteiger partial charge is 0.238 e. The minimum Gasteiger partial charge on any atom is -0.357 e. The van der Waals surface area contributed by atoms with Gasteiger partial charge in [-0.05, 0) is 29.9 Å². The van der Waals surface area contributed by atoms with Crippen molar-refractivity contribution in [2.75, 3.05) is 0 Å². The van der Waals surface area contributed by atoms with E-state index in [0.29, 0.717) is 24.5 Å². The molecule has 1 heterocycles. The summed E-state index contributed by atoms with van der Waals surface area (Å²) in [6.45, 7) is 0.605. The molecule has 128 valence electrons. The number of amides is 1. The number of aryl methyl sites for hydroxylation is 1. The van der Waals surface area contributed by atoms with E-state index < -0.39 is 0 Å². The van der Waals surface area contributed by atoms with Crippen LogP contribution in [0, 0.1) is 0 Å². The number of nitrogens with zero attached hydrogens (tertiary/aromatic N) is 1. The molecular formula is C18H18N4OS2. The van der Waals surface area contributed by atoms with Crippen LogP contribution in [0.1, 0.15) is 17.0 Å². The van der Waals surface area contributed by atoms with Crippen LogP contribution in [0.5, 0.6) is 0 Å². The van der Waals surface area contributed by atoms with Crippen molar-refractivity contribution < 1.29 is 4.79 Å². The minimum atomic E-state index is -0.122. The molecule has 0 saturated carbocycles. The van der Waals surface area contributed by atoms with Gasteiger partial charge in [-0.1, -0.05) is 42.5 Å². The van der Waals surface area contributed by atoms with Crippen LogP contribution < -0.4 is 16.2 Å². The predicted octanol–water partition coefficient (Wildman–Crippen LogP) is 2.92. The summed E-state index contributed by atoms with van der Waals surface area (Å²) < 4.78 is 1.14. The van der Waals surface area contributed by atoms with Crippen molar-refractivity contribution in [3.05, 3.63) is 65.2 Å². The molecule has 0 aliphatic heterocycles. The van der Waals surface area contributed by atoms with E-state index in [0.717, 1.165) is 20.8 Å². The molecule has 0 spiro atoms. The zero-order valence-corrected chi connectivity index (χ0v) is 15.1. The fraction of sp³-hybridized carbons (Fsp3) is 0.167. The van der Waals surface area contributed by atoms with E-state index in [1.165, 1.54) is 0 Å². The fourth-order valence-corrected chi connectivity index (χ4v) is 3.35. The van der Waals surface area contributed by atoms with Gasteiger partial charge in [-0.3, -0.25) is 15.6 Å². The molecule has 7 heteroatoms.